The summed E-state index contributed by atoms with van der Waals surface area (Å²) in [7, 11) is 0. The molecular weight excluding hydrogens is 292 g/mol. The van der Waals surface area contributed by atoms with Gasteiger partial charge in [-0.05, 0) is 38.3 Å². The molecule has 2 rings (SSSR count). The third-order valence-electron chi connectivity index (χ3n) is 3.45. The van der Waals surface area contributed by atoms with Gasteiger partial charge in [-0.3, -0.25) is 9.59 Å². The molecule has 1 amide bonds. The van der Waals surface area contributed by atoms with Crippen molar-refractivity contribution in [1.82, 2.24) is 0 Å². The Morgan fingerprint density at radius 1 is 1.32 bits per heavy atom. The van der Waals surface area contributed by atoms with E-state index in [1.807, 2.05) is 12.2 Å². The van der Waals surface area contributed by atoms with Crippen LogP contribution in [0.3, 0.4) is 0 Å². The van der Waals surface area contributed by atoms with E-state index < -0.39 is 29.6 Å². The SMILES string of the molecule is C[C@H](OC(=O)[C@H]1CC=CCC1)C(=O)Nc1cc(F)ccc1F. The molecule has 1 aliphatic rings. The maximum absolute atomic E-state index is 13.4. The lowest BCUT2D eigenvalue weighted by molar-refractivity contribution is -0.157. The number of anilines is 1. The quantitative estimate of drug-likeness (QED) is 0.686. The van der Waals surface area contributed by atoms with Gasteiger partial charge in [-0.25, -0.2) is 8.78 Å². The maximum atomic E-state index is 13.4. The highest BCUT2D eigenvalue weighted by Crippen LogP contribution is 2.21. The van der Waals surface area contributed by atoms with Crippen LogP contribution in [0.4, 0.5) is 14.5 Å². The van der Waals surface area contributed by atoms with E-state index in [1.54, 1.807) is 0 Å². The van der Waals surface area contributed by atoms with Gasteiger partial charge < -0.3 is 10.1 Å². The highest BCUT2D eigenvalue weighted by atomic mass is 19.1. The van der Waals surface area contributed by atoms with Crippen molar-refractivity contribution in [3.8, 4) is 0 Å². The molecular formula is C16H17F2NO3. The Balaban J connectivity index is 1.93. The molecule has 0 saturated heterocycles. The van der Waals surface area contributed by atoms with Crippen molar-refractivity contribution in [2.75, 3.05) is 5.32 Å². The monoisotopic (exact) mass is 309 g/mol. The molecule has 0 saturated carbocycles. The van der Waals surface area contributed by atoms with Gasteiger partial charge in [0.25, 0.3) is 5.91 Å². The largest absolute Gasteiger partial charge is 0.452 e. The highest BCUT2D eigenvalue weighted by Gasteiger charge is 2.25. The van der Waals surface area contributed by atoms with Gasteiger partial charge in [0.2, 0.25) is 0 Å². The Labute approximate surface area is 127 Å². The lowest BCUT2D eigenvalue weighted by Gasteiger charge is -2.19. The van der Waals surface area contributed by atoms with Crippen molar-refractivity contribution in [3.05, 3.63) is 42.0 Å². The van der Waals surface area contributed by atoms with E-state index in [1.165, 1.54) is 6.92 Å². The van der Waals surface area contributed by atoms with E-state index in [0.717, 1.165) is 24.6 Å². The van der Waals surface area contributed by atoms with Crippen LogP contribution in [0.2, 0.25) is 0 Å². The number of halogens is 2. The summed E-state index contributed by atoms with van der Waals surface area (Å²) in [6, 6.07) is 2.73. The zero-order chi connectivity index (χ0) is 16.1. The summed E-state index contributed by atoms with van der Waals surface area (Å²) in [6.07, 6.45) is 4.89. The van der Waals surface area contributed by atoms with Crippen LogP contribution in [0.15, 0.2) is 30.4 Å². The fourth-order valence-corrected chi connectivity index (χ4v) is 2.16. The first-order valence-corrected chi connectivity index (χ1v) is 7.09. The molecule has 0 heterocycles. The van der Waals surface area contributed by atoms with E-state index in [9.17, 15) is 18.4 Å². The normalized spacial score (nSPS) is 18.6. The topological polar surface area (TPSA) is 55.4 Å². The summed E-state index contributed by atoms with van der Waals surface area (Å²) < 4.78 is 31.6. The number of ether oxygens (including phenoxy) is 1. The minimum absolute atomic E-state index is 0.258. The lowest BCUT2D eigenvalue weighted by Crippen LogP contribution is -2.32. The van der Waals surface area contributed by atoms with Gasteiger partial charge in [0.15, 0.2) is 6.10 Å². The zero-order valence-electron chi connectivity index (χ0n) is 12.1. The average Bonchev–Trinajstić information content (AvgIpc) is 2.51. The first kappa shape index (κ1) is 16.1. The Kier molecular flexibility index (Phi) is 5.25. The summed E-state index contributed by atoms with van der Waals surface area (Å²) in [6.45, 7) is 1.39. The first-order chi connectivity index (χ1) is 10.5. The number of nitrogens with one attached hydrogen (secondary N) is 1. The number of rotatable bonds is 4. The number of hydrogen-bond acceptors (Lipinski definition) is 3. The second-order valence-corrected chi connectivity index (χ2v) is 5.17. The first-order valence-electron chi connectivity index (χ1n) is 7.09. The number of hydrogen-bond donors (Lipinski definition) is 1. The van der Waals surface area contributed by atoms with Crippen molar-refractivity contribution in [1.29, 1.82) is 0 Å². The van der Waals surface area contributed by atoms with Gasteiger partial charge in [0.1, 0.15) is 11.6 Å². The van der Waals surface area contributed by atoms with Crippen LogP contribution in [-0.2, 0) is 14.3 Å². The van der Waals surface area contributed by atoms with Gasteiger partial charge in [0, 0.05) is 6.07 Å². The van der Waals surface area contributed by atoms with Crippen molar-refractivity contribution in [2.45, 2.75) is 32.3 Å². The molecule has 0 radical (unpaired) electrons. The highest BCUT2D eigenvalue weighted by molar-refractivity contribution is 5.95. The fraction of sp³-hybridized carbons (Fsp3) is 0.375. The average molecular weight is 309 g/mol. The molecule has 0 bridgehead atoms. The Hall–Kier alpha value is -2.24. The van der Waals surface area contributed by atoms with Gasteiger partial charge in [-0.15, -0.1) is 0 Å². The smallest absolute Gasteiger partial charge is 0.310 e. The van der Waals surface area contributed by atoms with Crippen molar-refractivity contribution >= 4 is 17.6 Å². The van der Waals surface area contributed by atoms with Crippen LogP contribution in [0, 0.1) is 17.6 Å². The molecule has 6 heteroatoms. The van der Waals surface area contributed by atoms with Crippen LogP contribution in [-0.4, -0.2) is 18.0 Å². The third kappa shape index (κ3) is 4.13. The van der Waals surface area contributed by atoms with Crippen LogP contribution >= 0.6 is 0 Å². The van der Waals surface area contributed by atoms with Crippen molar-refractivity contribution < 1.29 is 23.1 Å². The molecule has 118 valence electrons. The summed E-state index contributed by atoms with van der Waals surface area (Å²) in [5.74, 6) is -2.84. The number of benzene rings is 1. The Morgan fingerprint density at radius 3 is 2.77 bits per heavy atom. The van der Waals surface area contributed by atoms with E-state index >= 15 is 0 Å². The van der Waals surface area contributed by atoms with Crippen LogP contribution < -0.4 is 5.32 Å². The molecule has 22 heavy (non-hydrogen) atoms. The summed E-state index contributed by atoms with van der Waals surface area (Å²) in [5.41, 5.74) is -0.284. The minimum Gasteiger partial charge on any atom is -0.452 e. The van der Waals surface area contributed by atoms with Gasteiger partial charge in [0.05, 0.1) is 11.6 Å². The van der Waals surface area contributed by atoms with Crippen molar-refractivity contribution in [3.63, 3.8) is 0 Å². The van der Waals surface area contributed by atoms with E-state index in [-0.39, 0.29) is 11.6 Å². The van der Waals surface area contributed by atoms with E-state index in [4.69, 9.17) is 4.74 Å². The molecule has 4 nitrogen and oxygen atoms in total. The zero-order valence-corrected chi connectivity index (χ0v) is 12.1. The standard InChI is InChI=1S/C16H17F2NO3/c1-10(22-16(21)11-5-3-2-4-6-11)15(20)19-14-9-12(17)7-8-13(14)18/h2-3,7-11H,4-6H2,1H3,(H,19,20)/t10-,11-/m0/s1. The maximum Gasteiger partial charge on any atom is 0.310 e. The molecule has 1 aromatic rings. The Bertz CT molecular complexity index is 601. The second-order valence-electron chi connectivity index (χ2n) is 5.17. The van der Waals surface area contributed by atoms with Crippen molar-refractivity contribution in [2.24, 2.45) is 5.92 Å². The molecule has 0 fully saturated rings. The fourth-order valence-electron chi connectivity index (χ4n) is 2.16. The molecule has 1 aliphatic carbocycles. The van der Waals surface area contributed by atoms with E-state index in [0.29, 0.717) is 12.8 Å². The Morgan fingerprint density at radius 2 is 2.09 bits per heavy atom. The lowest BCUT2D eigenvalue weighted by atomic mass is 9.95. The predicted octanol–water partition coefficient (Wildman–Crippen LogP) is 3.19. The summed E-state index contributed by atoms with van der Waals surface area (Å²) in [4.78, 5) is 23.8. The number of esters is 1. The van der Waals surface area contributed by atoms with Crippen LogP contribution in [0.25, 0.3) is 0 Å². The number of carbonyl (C=O) groups excluding carboxylic acids is 2. The number of carbonyl (C=O) groups is 2. The number of amides is 1. The van der Waals surface area contributed by atoms with E-state index in [2.05, 4.69) is 5.32 Å². The molecule has 1 aromatic carbocycles. The summed E-state index contributed by atoms with van der Waals surface area (Å²) in [5, 5.41) is 2.21. The molecule has 0 aliphatic heterocycles. The van der Waals surface area contributed by atoms with Crippen LogP contribution in [0.1, 0.15) is 26.2 Å². The van der Waals surface area contributed by atoms with Crippen LogP contribution in [0.5, 0.6) is 0 Å². The van der Waals surface area contributed by atoms with Gasteiger partial charge in [-0.1, -0.05) is 12.2 Å². The molecule has 0 spiro atoms. The van der Waals surface area contributed by atoms with Gasteiger partial charge >= 0.3 is 5.97 Å². The molecule has 2 atom stereocenters. The van der Waals surface area contributed by atoms with Gasteiger partial charge in [-0.2, -0.15) is 0 Å². The molecule has 0 unspecified atom stereocenters. The molecule has 1 N–H and O–H groups in total. The molecule has 0 aromatic heterocycles. The number of allylic oxidation sites excluding steroid dienone is 2. The third-order valence-corrected chi connectivity index (χ3v) is 3.45. The predicted molar refractivity (Wildman–Crippen MR) is 77.0 cm³/mol. The second kappa shape index (κ2) is 7.15. The minimum atomic E-state index is -1.08. The summed E-state index contributed by atoms with van der Waals surface area (Å²) >= 11 is 0.